The second-order valence-corrected chi connectivity index (χ2v) is 11.3. The van der Waals surface area contributed by atoms with Crippen LogP contribution in [0.25, 0.3) is 55.3 Å². The average Bonchev–Trinajstić information content (AvgIpc) is 3.63. The van der Waals surface area contributed by atoms with Crippen molar-refractivity contribution >= 4 is 44.0 Å². The van der Waals surface area contributed by atoms with Crippen molar-refractivity contribution in [3.05, 3.63) is 145 Å². The Hall–Kier alpha value is -4.86. The summed E-state index contributed by atoms with van der Waals surface area (Å²) in [5.74, 6) is 0. The van der Waals surface area contributed by atoms with E-state index in [1.807, 2.05) is 6.07 Å². The third-order valence-electron chi connectivity index (χ3n) is 7.66. The Morgan fingerprint density at radius 1 is 0.475 bits per heavy atom. The van der Waals surface area contributed by atoms with Crippen molar-refractivity contribution < 1.29 is 4.42 Å². The molecule has 0 atom stereocenters. The highest BCUT2D eigenvalue weighted by molar-refractivity contribution is 7.99. The van der Waals surface area contributed by atoms with Crippen LogP contribution in [0, 0.1) is 0 Å². The van der Waals surface area contributed by atoms with Gasteiger partial charge in [-0.1, -0.05) is 109 Å². The first-order chi connectivity index (χ1) is 19.8. The maximum Gasteiger partial charge on any atom is 0.136 e. The largest absolute Gasteiger partial charge is 0.456 e. The zero-order valence-electron chi connectivity index (χ0n) is 21.6. The summed E-state index contributed by atoms with van der Waals surface area (Å²) in [6.07, 6.45) is 0. The van der Waals surface area contributed by atoms with E-state index in [0.717, 1.165) is 27.5 Å². The topological polar surface area (TPSA) is 25.2 Å². The molecule has 40 heavy (non-hydrogen) atoms. The summed E-state index contributed by atoms with van der Waals surface area (Å²) in [4.78, 5) is 2.48. The van der Waals surface area contributed by atoms with Gasteiger partial charge in [-0.2, -0.15) is 0 Å². The highest BCUT2D eigenvalue weighted by Crippen LogP contribution is 2.40. The van der Waals surface area contributed by atoms with Crippen molar-refractivity contribution in [2.45, 2.75) is 4.90 Å². The molecule has 1 aromatic heterocycles. The van der Waals surface area contributed by atoms with Gasteiger partial charge in [-0.3, -0.25) is 0 Å². The van der Waals surface area contributed by atoms with Gasteiger partial charge in [0.1, 0.15) is 11.2 Å². The molecule has 0 fully saturated rings. The van der Waals surface area contributed by atoms with E-state index >= 15 is 0 Å². The van der Waals surface area contributed by atoms with Crippen LogP contribution in [-0.4, -0.2) is 4.99 Å². The number of nitrogens with one attached hydrogen (secondary N) is 1. The van der Waals surface area contributed by atoms with Crippen LogP contribution in [-0.2, 0) is 0 Å². The van der Waals surface area contributed by atoms with E-state index in [9.17, 15) is 0 Å². The fraction of sp³-hybridized carbons (Fsp3) is 0. The van der Waals surface area contributed by atoms with E-state index in [4.69, 9.17) is 4.42 Å². The fourth-order valence-corrected chi connectivity index (χ4v) is 6.72. The van der Waals surface area contributed by atoms with Crippen LogP contribution in [0.15, 0.2) is 149 Å². The molecule has 190 valence electrons. The average molecular weight is 532 g/mol. The van der Waals surface area contributed by atoms with E-state index in [0.29, 0.717) is 0 Å². The van der Waals surface area contributed by atoms with E-state index < -0.39 is 0 Å². The molecule has 1 N–H and O–H groups in total. The second kappa shape index (κ2) is 9.41. The molecule has 0 bridgehead atoms. The first kappa shape index (κ1) is 23.1. The molecule has 0 saturated heterocycles. The molecule has 7 aromatic rings. The zero-order chi connectivity index (χ0) is 26.5. The SMILES string of the molecule is c1ccc(-c2ccc(-c3ccc(-c4cc(C5=[SH]c6ccccc6N5)cc5oc6ccccc6c45)cc3)cc2)cc1. The summed E-state index contributed by atoms with van der Waals surface area (Å²) < 4.78 is 6.39. The van der Waals surface area contributed by atoms with Crippen molar-refractivity contribution in [1.82, 2.24) is 0 Å². The Labute approximate surface area is 236 Å². The maximum atomic E-state index is 6.39. The Balaban J connectivity index is 1.21. The van der Waals surface area contributed by atoms with Crippen molar-refractivity contribution in [3.63, 3.8) is 0 Å². The highest BCUT2D eigenvalue weighted by atomic mass is 32.1. The molecule has 0 aliphatic carbocycles. The molecule has 1 aliphatic rings. The molecule has 3 heteroatoms. The smallest absolute Gasteiger partial charge is 0.136 e. The van der Waals surface area contributed by atoms with Gasteiger partial charge in [-0.15, -0.1) is 11.4 Å². The van der Waals surface area contributed by atoms with Gasteiger partial charge in [0.05, 0.1) is 10.7 Å². The van der Waals surface area contributed by atoms with Gasteiger partial charge in [0.25, 0.3) is 0 Å². The van der Waals surface area contributed by atoms with Gasteiger partial charge in [-0.25, -0.2) is 0 Å². The summed E-state index contributed by atoms with van der Waals surface area (Å²) in [6, 6.07) is 49.6. The Kier molecular flexibility index (Phi) is 5.42. The number of furan rings is 1. The number of fused-ring (bicyclic) bond motifs is 4. The summed E-state index contributed by atoms with van der Waals surface area (Å²) in [6.45, 7) is 0. The van der Waals surface area contributed by atoms with Gasteiger partial charge in [-0.05, 0) is 63.7 Å². The van der Waals surface area contributed by atoms with Crippen molar-refractivity contribution in [2.75, 3.05) is 5.32 Å². The van der Waals surface area contributed by atoms with E-state index in [1.54, 1.807) is 0 Å². The predicted molar refractivity (Wildman–Crippen MR) is 171 cm³/mol. The third-order valence-corrected chi connectivity index (χ3v) is 8.89. The van der Waals surface area contributed by atoms with Crippen LogP contribution < -0.4 is 5.32 Å². The maximum absolute atomic E-state index is 6.39. The van der Waals surface area contributed by atoms with Gasteiger partial charge in [0.15, 0.2) is 0 Å². The quantitative estimate of drug-likeness (QED) is 0.174. The van der Waals surface area contributed by atoms with Crippen molar-refractivity contribution in [3.8, 4) is 33.4 Å². The van der Waals surface area contributed by atoms with Crippen molar-refractivity contribution in [1.29, 1.82) is 0 Å². The number of thiol groups is 1. The number of rotatable bonds is 4. The number of hydrogen-bond acceptors (Lipinski definition) is 2. The summed E-state index contributed by atoms with van der Waals surface area (Å²) in [5.41, 5.74) is 11.4. The van der Waals surface area contributed by atoms with Gasteiger partial charge < -0.3 is 9.73 Å². The predicted octanol–water partition coefficient (Wildman–Crippen LogP) is 10.0. The van der Waals surface area contributed by atoms with Crippen LogP contribution in [0.1, 0.15) is 5.56 Å². The fourth-order valence-electron chi connectivity index (χ4n) is 5.64. The Morgan fingerprint density at radius 3 is 1.80 bits per heavy atom. The first-order valence-corrected chi connectivity index (χ1v) is 14.4. The monoisotopic (exact) mass is 531 g/mol. The highest BCUT2D eigenvalue weighted by Gasteiger charge is 2.19. The Bertz CT molecular complexity index is 2050. The molecule has 0 radical (unpaired) electrons. The standard InChI is InChI=1S/C37H25NOS/c1-2-8-24(9-3-1)25-14-16-26(17-15-25)27-18-20-28(21-19-27)31-22-29(37-38-32-11-5-7-13-35(32)40-37)23-34-36(31)30-10-4-6-12-33(30)39-34/h1-23,38,40H. The zero-order valence-corrected chi connectivity index (χ0v) is 22.5. The number of anilines is 1. The molecule has 2 heterocycles. The minimum absolute atomic E-state index is 0.912. The first-order valence-electron chi connectivity index (χ1n) is 13.5. The van der Waals surface area contributed by atoms with Crippen LogP contribution in [0.3, 0.4) is 0 Å². The molecule has 1 aliphatic heterocycles. The summed E-state index contributed by atoms with van der Waals surface area (Å²) in [5, 5.41) is 5.94. The summed E-state index contributed by atoms with van der Waals surface area (Å²) in [7, 11) is 0. The normalized spacial score (nSPS) is 12.6. The number of para-hydroxylation sites is 2. The minimum atomic E-state index is 0.912. The molecular weight excluding hydrogens is 506 g/mol. The lowest BCUT2D eigenvalue weighted by Gasteiger charge is -2.11. The van der Waals surface area contributed by atoms with Gasteiger partial charge in [0, 0.05) is 21.2 Å². The minimum Gasteiger partial charge on any atom is -0.456 e. The van der Waals surface area contributed by atoms with Crippen LogP contribution >= 0.6 is 11.4 Å². The van der Waals surface area contributed by atoms with E-state index in [2.05, 4.69) is 139 Å². The molecule has 8 rings (SSSR count). The van der Waals surface area contributed by atoms with Crippen LogP contribution in [0.4, 0.5) is 5.69 Å². The number of benzene rings is 6. The molecule has 0 amide bonds. The molecule has 6 aromatic carbocycles. The molecule has 2 nitrogen and oxygen atoms in total. The molecule has 0 spiro atoms. The third kappa shape index (κ3) is 3.95. The number of hydrogen-bond donors (Lipinski definition) is 2. The lowest BCUT2D eigenvalue weighted by molar-refractivity contribution is 0.669. The van der Waals surface area contributed by atoms with Gasteiger partial charge in [0.2, 0.25) is 0 Å². The lowest BCUT2D eigenvalue weighted by atomic mass is 9.94. The Morgan fingerprint density at radius 2 is 1.07 bits per heavy atom. The van der Waals surface area contributed by atoms with E-state index in [-0.39, 0.29) is 0 Å². The van der Waals surface area contributed by atoms with Crippen LogP contribution in [0.5, 0.6) is 0 Å². The van der Waals surface area contributed by atoms with Crippen molar-refractivity contribution in [2.24, 2.45) is 0 Å². The molecule has 0 saturated carbocycles. The second-order valence-electron chi connectivity index (χ2n) is 10.1. The van der Waals surface area contributed by atoms with Gasteiger partial charge >= 0.3 is 0 Å². The molecular formula is C37H25NOS. The molecule has 0 unspecified atom stereocenters. The lowest BCUT2D eigenvalue weighted by Crippen LogP contribution is -2.08. The van der Waals surface area contributed by atoms with E-state index in [1.165, 1.54) is 60.3 Å². The summed E-state index contributed by atoms with van der Waals surface area (Å²) >= 11 is 1.18. The van der Waals surface area contributed by atoms with Crippen LogP contribution in [0.2, 0.25) is 0 Å².